The van der Waals surface area contributed by atoms with E-state index >= 15 is 0 Å². The number of benzene rings is 1. The van der Waals surface area contributed by atoms with E-state index in [1.54, 1.807) is 27.0 Å². The molecule has 1 saturated heterocycles. The number of likely N-dealkylation sites (N-methyl/N-ethyl adjacent to an activating group) is 1. The SMILES string of the molecule is CCN1C(=O)/C(=C\c2cc3c(cc(-c4ccc(OC)cc4)n3C)o2)C(C)C(C#N)C1=O. The monoisotopic (exact) mass is 417 g/mol. The zero-order valence-corrected chi connectivity index (χ0v) is 17.9. The molecule has 0 N–H and O–H groups in total. The molecule has 1 fully saturated rings. The van der Waals surface area contributed by atoms with E-state index in [0.717, 1.165) is 27.4 Å². The van der Waals surface area contributed by atoms with Crippen LogP contribution in [-0.2, 0) is 16.6 Å². The van der Waals surface area contributed by atoms with Crippen molar-refractivity contribution in [1.29, 1.82) is 5.26 Å². The van der Waals surface area contributed by atoms with E-state index in [1.807, 2.05) is 54.1 Å². The highest BCUT2D eigenvalue weighted by Crippen LogP contribution is 2.34. The van der Waals surface area contributed by atoms with Crippen LogP contribution < -0.4 is 4.74 Å². The number of aromatic nitrogens is 1. The largest absolute Gasteiger partial charge is 0.497 e. The minimum Gasteiger partial charge on any atom is -0.497 e. The minimum atomic E-state index is -0.880. The van der Waals surface area contributed by atoms with Gasteiger partial charge in [0.1, 0.15) is 17.4 Å². The topological polar surface area (TPSA) is 88.5 Å². The summed E-state index contributed by atoms with van der Waals surface area (Å²) in [6.45, 7) is 3.68. The maximum absolute atomic E-state index is 12.8. The molecule has 2 aromatic heterocycles. The number of likely N-dealkylation sites (tertiary alicyclic amines) is 1. The predicted molar refractivity (Wildman–Crippen MR) is 116 cm³/mol. The van der Waals surface area contributed by atoms with Gasteiger partial charge in [0.25, 0.3) is 5.91 Å². The van der Waals surface area contributed by atoms with Crippen LogP contribution in [0.2, 0.25) is 0 Å². The summed E-state index contributed by atoms with van der Waals surface area (Å²) in [5.74, 6) is -0.888. The van der Waals surface area contributed by atoms with Crippen molar-refractivity contribution in [2.24, 2.45) is 18.9 Å². The zero-order valence-electron chi connectivity index (χ0n) is 17.9. The molecule has 2 unspecified atom stereocenters. The summed E-state index contributed by atoms with van der Waals surface area (Å²) in [6.07, 6.45) is 1.65. The van der Waals surface area contributed by atoms with Gasteiger partial charge in [-0.2, -0.15) is 5.26 Å². The van der Waals surface area contributed by atoms with E-state index in [4.69, 9.17) is 9.15 Å². The molecular formula is C24H23N3O4. The van der Waals surface area contributed by atoms with Gasteiger partial charge in [-0.25, -0.2) is 0 Å². The number of fused-ring (bicyclic) bond motifs is 1. The van der Waals surface area contributed by atoms with Crippen molar-refractivity contribution in [1.82, 2.24) is 9.47 Å². The van der Waals surface area contributed by atoms with Crippen LogP contribution in [0.3, 0.4) is 0 Å². The third-order valence-electron chi connectivity index (χ3n) is 5.90. The Morgan fingerprint density at radius 2 is 1.94 bits per heavy atom. The molecule has 0 saturated carbocycles. The Hall–Kier alpha value is -3.79. The van der Waals surface area contributed by atoms with Crippen molar-refractivity contribution in [3.05, 3.63) is 47.7 Å². The van der Waals surface area contributed by atoms with Crippen LogP contribution in [-0.4, -0.2) is 34.9 Å². The Kier molecular flexibility index (Phi) is 5.15. The van der Waals surface area contributed by atoms with Gasteiger partial charge in [0.15, 0.2) is 5.58 Å². The maximum atomic E-state index is 12.8. The summed E-state index contributed by atoms with van der Waals surface area (Å²) in [7, 11) is 3.58. The average Bonchev–Trinajstić information content (AvgIpc) is 3.30. The number of ether oxygens (including phenoxy) is 1. The number of carbonyl (C=O) groups is 2. The quantitative estimate of drug-likeness (QED) is 0.473. The molecule has 4 rings (SSSR count). The van der Waals surface area contributed by atoms with Crippen LogP contribution in [0.15, 0.2) is 46.4 Å². The molecule has 0 radical (unpaired) electrons. The van der Waals surface area contributed by atoms with Gasteiger partial charge >= 0.3 is 0 Å². The molecule has 2 amide bonds. The first-order chi connectivity index (χ1) is 14.9. The third-order valence-corrected chi connectivity index (χ3v) is 5.90. The van der Waals surface area contributed by atoms with E-state index in [9.17, 15) is 14.9 Å². The third kappa shape index (κ3) is 3.30. The number of methoxy groups -OCH3 is 1. The molecule has 31 heavy (non-hydrogen) atoms. The minimum absolute atomic E-state index is 0.227. The molecule has 158 valence electrons. The second kappa shape index (κ2) is 7.80. The highest BCUT2D eigenvalue weighted by Gasteiger charge is 2.42. The fraction of sp³-hybridized carbons (Fsp3) is 0.292. The van der Waals surface area contributed by atoms with Gasteiger partial charge in [-0.3, -0.25) is 14.5 Å². The van der Waals surface area contributed by atoms with Gasteiger partial charge in [-0.1, -0.05) is 6.92 Å². The number of piperidine rings is 1. The molecule has 3 heterocycles. The molecule has 0 aliphatic carbocycles. The van der Waals surface area contributed by atoms with Gasteiger partial charge in [-0.05, 0) is 42.8 Å². The van der Waals surface area contributed by atoms with Crippen LogP contribution in [0, 0.1) is 23.2 Å². The molecule has 1 aromatic carbocycles. The highest BCUT2D eigenvalue weighted by molar-refractivity contribution is 6.11. The lowest BCUT2D eigenvalue weighted by atomic mass is 9.82. The number of rotatable bonds is 4. The average molecular weight is 417 g/mol. The molecule has 7 heteroatoms. The molecule has 3 aromatic rings. The maximum Gasteiger partial charge on any atom is 0.256 e. The lowest BCUT2D eigenvalue weighted by Crippen LogP contribution is -2.49. The number of nitriles is 1. The van der Waals surface area contributed by atoms with Crippen LogP contribution in [0.25, 0.3) is 28.4 Å². The lowest BCUT2D eigenvalue weighted by molar-refractivity contribution is -0.147. The van der Waals surface area contributed by atoms with Crippen LogP contribution >= 0.6 is 0 Å². The van der Waals surface area contributed by atoms with Crippen molar-refractivity contribution in [3.8, 4) is 23.1 Å². The number of hydrogen-bond donors (Lipinski definition) is 0. The van der Waals surface area contributed by atoms with Crippen LogP contribution in [0.1, 0.15) is 19.6 Å². The van der Waals surface area contributed by atoms with E-state index in [-0.39, 0.29) is 12.5 Å². The van der Waals surface area contributed by atoms with Crippen molar-refractivity contribution < 1.29 is 18.7 Å². The number of nitrogens with zero attached hydrogens (tertiary/aromatic N) is 3. The normalized spacial score (nSPS) is 20.5. The van der Waals surface area contributed by atoms with Gasteiger partial charge in [-0.15, -0.1) is 0 Å². The fourth-order valence-corrected chi connectivity index (χ4v) is 4.07. The number of carbonyl (C=O) groups excluding carboxylic acids is 2. The standard InChI is InChI=1S/C24H23N3O4/c1-5-27-23(28)18(14(2)19(13-25)24(27)29)10-17-11-21-22(31-17)12-20(26(21)3)15-6-8-16(30-4)9-7-15/h6-12,14,19H,5H2,1-4H3/b18-10-. The summed E-state index contributed by atoms with van der Waals surface area (Å²) >= 11 is 0. The summed E-state index contributed by atoms with van der Waals surface area (Å²) < 4.78 is 13.2. The molecule has 7 nitrogen and oxygen atoms in total. The van der Waals surface area contributed by atoms with Gasteiger partial charge in [0.05, 0.1) is 24.4 Å². The van der Waals surface area contributed by atoms with Crippen molar-refractivity contribution in [2.75, 3.05) is 13.7 Å². The number of aryl methyl sites for hydroxylation is 1. The first kappa shape index (κ1) is 20.5. The number of furan rings is 1. The second-order valence-corrected chi connectivity index (χ2v) is 7.60. The first-order valence-electron chi connectivity index (χ1n) is 10.1. The number of amides is 2. The molecule has 1 aliphatic rings. The fourth-order valence-electron chi connectivity index (χ4n) is 4.07. The second-order valence-electron chi connectivity index (χ2n) is 7.60. The van der Waals surface area contributed by atoms with Crippen molar-refractivity contribution in [2.45, 2.75) is 13.8 Å². The summed E-state index contributed by atoms with van der Waals surface area (Å²) in [5.41, 5.74) is 4.00. The molecule has 1 aliphatic heterocycles. The van der Waals surface area contributed by atoms with Crippen molar-refractivity contribution in [3.63, 3.8) is 0 Å². The molecular weight excluding hydrogens is 394 g/mol. The lowest BCUT2D eigenvalue weighted by Gasteiger charge is -2.32. The Bertz CT molecular complexity index is 1240. The van der Waals surface area contributed by atoms with Gasteiger partial charge < -0.3 is 13.7 Å². The Balaban J connectivity index is 1.72. The Labute approximate surface area is 180 Å². The van der Waals surface area contributed by atoms with Crippen LogP contribution in [0.4, 0.5) is 0 Å². The van der Waals surface area contributed by atoms with E-state index < -0.39 is 17.7 Å². The molecule has 0 bridgehead atoms. The highest BCUT2D eigenvalue weighted by atomic mass is 16.5. The Morgan fingerprint density at radius 1 is 1.23 bits per heavy atom. The summed E-state index contributed by atoms with van der Waals surface area (Å²) in [4.78, 5) is 26.3. The van der Waals surface area contributed by atoms with Crippen molar-refractivity contribution >= 4 is 29.0 Å². The van der Waals surface area contributed by atoms with E-state index in [1.165, 1.54) is 0 Å². The molecule has 0 spiro atoms. The summed E-state index contributed by atoms with van der Waals surface area (Å²) in [5, 5.41) is 9.43. The van der Waals surface area contributed by atoms with Gasteiger partial charge in [0.2, 0.25) is 5.91 Å². The van der Waals surface area contributed by atoms with E-state index in [2.05, 4.69) is 0 Å². The van der Waals surface area contributed by atoms with E-state index in [0.29, 0.717) is 16.9 Å². The number of imide groups is 1. The number of hydrogen-bond acceptors (Lipinski definition) is 5. The predicted octanol–water partition coefficient (Wildman–Crippen LogP) is 3.99. The molecule has 2 atom stereocenters. The zero-order chi connectivity index (χ0) is 22.3. The smallest absolute Gasteiger partial charge is 0.256 e. The summed E-state index contributed by atoms with van der Waals surface area (Å²) in [6, 6.07) is 13.6. The van der Waals surface area contributed by atoms with Gasteiger partial charge in [0, 0.05) is 37.2 Å². The Morgan fingerprint density at radius 3 is 2.52 bits per heavy atom. The van der Waals surface area contributed by atoms with Crippen LogP contribution in [0.5, 0.6) is 5.75 Å². The first-order valence-corrected chi connectivity index (χ1v) is 10.1.